The zero-order chi connectivity index (χ0) is 15.0. The van der Waals surface area contributed by atoms with Crippen LogP contribution in [0.2, 0.25) is 0 Å². The molecular weight excluding hydrogens is 389 g/mol. The molecule has 0 fully saturated rings. The standard InChI is InChI=1S/C13H18IN3O2S/c1-3-4-5-19-12-10(14)6-9(7-11(12)18-2)8-16-17-13(15)20/h6-8H,3-5H2,1-2H3,(H3,15,17,20)/b16-8+. The molecule has 1 aromatic rings. The van der Waals surface area contributed by atoms with Crippen LogP contribution >= 0.6 is 34.8 Å². The predicted octanol–water partition coefficient (Wildman–Crippen LogP) is 2.65. The van der Waals surface area contributed by atoms with Gasteiger partial charge in [0.25, 0.3) is 0 Å². The molecule has 0 aliphatic carbocycles. The van der Waals surface area contributed by atoms with Crippen molar-refractivity contribution in [3.05, 3.63) is 21.3 Å². The first-order valence-electron chi connectivity index (χ1n) is 6.17. The maximum absolute atomic E-state index is 5.76. The number of thiocarbonyl (C=S) groups is 1. The number of nitrogens with zero attached hydrogens (tertiary/aromatic N) is 1. The molecule has 0 saturated carbocycles. The van der Waals surface area contributed by atoms with Gasteiger partial charge >= 0.3 is 0 Å². The van der Waals surface area contributed by atoms with Crippen LogP contribution in [0.1, 0.15) is 25.3 Å². The number of ether oxygens (including phenoxy) is 2. The van der Waals surface area contributed by atoms with Gasteiger partial charge < -0.3 is 15.2 Å². The molecular formula is C13H18IN3O2S. The van der Waals surface area contributed by atoms with Crippen molar-refractivity contribution in [2.45, 2.75) is 19.8 Å². The molecule has 0 unspecified atom stereocenters. The van der Waals surface area contributed by atoms with Crippen molar-refractivity contribution in [1.29, 1.82) is 0 Å². The fourth-order valence-electron chi connectivity index (χ4n) is 1.44. The zero-order valence-corrected chi connectivity index (χ0v) is 14.5. The van der Waals surface area contributed by atoms with Gasteiger partial charge in [0, 0.05) is 0 Å². The highest BCUT2D eigenvalue weighted by Gasteiger charge is 2.10. The minimum atomic E-state index is 0.127. The number of hydrogen-bond donors (Lipinski definition) is 2. The number of hydrazone groups is 1. The SMILES string of the molecule is CCCCOc1c(I)cc(/C=N/NC(N)=S)cc1OC. The summed E-state index contributed by atoms with van der Waals surface area (Å²) in [7, 11) is 1.62. The van der Waals surface area contributed by atoms with E-state index in [2.05, 4.69) is 52.3 Å². The van der Waals surface area contributed by atoms with Crippen LogP contribution in [-0.2, 0) is 0 Å². The number of unbranched alkanes of at least 4 members (excludes halogenated alkanes) is 1. The second-order valence-electron chi connectivity index (χ2n) is 3.97. The first kappa shape index (κ1) is 17.0. The Morgan fingerprint density at radius 2 is 2.30 bits per heavy atom. The Morgan fingerprint density at radius 1 is 1.55 bits per heavy atom. The molecule has 1 aromatic carbocycles. The first-order valence-corrected chi connectivity index (χ1v) is 7.66. The maximum Gasteiger partial charge on any atom is 0.184 e. The molecule has 3 N–H and O–H groups in total. The Balaban J connectivity index is 2.88. The summed E-state index contributed by atoms with van der Waals surface area (Å²) in [6, 6.07) is 3.81. The lowest BCUT2D eigenvalue weighted by Crippen LogP contribution is -2.24. The Hall–Kier alpha value is -1.09. The molecule has 0 heterocycles. The Bertz CT molecular complexity index is 495. The maximum atomic E-state index is 5.76. The Labute approximate surface area is 138 Å². The van der Waals surface area contributed by atoms with E-state index >= 15 is 0 Å². The van der Waals surface area contributed by atoms with Crippen LogP contribution < -0.4 is 20.6 Å². The average Bonchev–Trinajstić information content (AvgIpc) is 2.40. The fraction of sp³-hybridized carbons (Fsp3) is 0.385. The quantitative estimate of drug-likeness (QED) is 0.239. The predicted molar refractivity (Wildman–Crippen MR) is 93.6 cm³/mol. The van der Waals surface area contributed by atoms with Crippen molar-refractivity contribution in [2.24, 2.45) is 10.8 Å². The van der Waals surface area contributed by atoms with Gasteiger partial charge in [-0.1, -0.05) is 13.3 Å². The molecule has 0 atom stereocenters. The van der Waals surface area contributed by atoms with Crippen molar-refractivity contribution in [3.8, 4) is 11.5 Å². The highest BCUT2D eigenvalue weighted by Crippen LogP contribution is 2.33. The Kier molecular flexibility index (Phi) is 7.60. The van der Waals surface area contributed by atoms with Gasteiger partial charge in [-0.2, -0.15) is 5.10 Å². The molecule has 1 rings (SSSR count). The second kappa shape index (κ2) is 8.96. The second-order valence-corrected chi connectivity index (χ2v) is 5.57. The van der Waals surface area contributed by atoms with E-state index in [0.29, 0.717) is 12.4 Å². The fourth-order valence-corrected chi connectivity index (χ4v) is 2.28. The highest BCUT2D eigenvalue weighted by molar-refractivity contribution is 14.1. The van der Waals surface area contributed by atoms with Crippen LogP contribution in [-0.4, -0.2) is 25.0 Å². The molecule has 7 heteroatoms. The van der Waals surface area contributed by atoms with Crippen molar-refractivity contribution in [3.63, 3.8) is 0 Å². The molecule has 0 aliphatic heterocycles. The molecule has 0 aliphatic rings. The summed E-state index contributed by atoms with van der Waals surface area (Å²) in [5.41, 5.74) is 8.68. The third-order valence-corrected chi connectivity index (χ3v) is 3.28. The normalized spacial score (nSPS) is 10.6. The van der Waals surface area contributed by atoms with E-state index in [4.69, 9.17) is 15.2 Å². The van der Waals surface area contributed by atoms with Gasteiger partial charge in [0.15, 0.2) is 16.6 Å². The van der Waals surface area contributed by atoms with Gasteiger partial charge in [-0.25, -0.2) is 0 Å². The van der Waals surface area contributed by atoms with Crippen LogP contribution in [0.3, 0.4) is 0 Å². The minimum Gasteiger partial charge on any atom is -0.493 e. The van der Waals surface area contributed by atoms with Gasteiger partial charge in [-0.3, -0.25) is 5.43 Å². The van der Waals surface area contributed by atoms with Crippen LogP contribution in [0.15, 0.2) is 17.2 Å². The smallest absolute Gasteiger partial charge is 0.184 e. The molecule has 0 amide bonds. The van der Waals surface area contributed by atoms with Crippen LogP contribution in [0.25, 0.3) is 0 Å². The monoisotopic (exact) mass is 407 g/mol. The molecule has 0 radical (unpaired) electrons. The molecule has 110 valence electrons. The average molecular weight is 407 g/mol. The van der Waals surface area contributed by atoms with Crippen molar-refractivity contribution >= 4 is 46.1 Å². The summed E-state index contributed by atoms with van der Waals surface area (Å²) in [5.74, 6) is 1.45. The van der Waals surface area contributed by atoms with E-state index in [1.165, 1.54) is 0 Å². The van der Waals surface area contributed by atoms with Crippen LogP contribution in [0, 0.1) is 3.57 Å². The number of nitrogens with one attached hydrogen (secondary N) is 1. The number of hydrogen-bond acceptors (Lipinski definition) is 4. The van der Waals surface area contributed by atoms with Crippen molar-refractivity contribution < 1.29 is 9.47 Å². The van der Waals surface area contributed by atoms with Crippen molar-refractivity contribution in [2.75, 3.05) is 13.7 Å². The van der Waals surface area contributed by atoms with Crippen LogP contribution in [0.4, 0.5) is 0 Å². The van der Waals surface area contributed by atoms with E-state index in [-0.39, 0.29) is 5.11 Å². The summed E-state index contributed by atoms with van der Waals surface area (Å²) in [6.07, 6.45) is 3.73. The Morgan fingerprint density at radius 3 is 2.90 bits per heavy atom. The van der Waals surface area contributed by atoms with Gasteiger partial charge in [0.05, 0.1) is 23.5 Å². The van der Waals surface area contributed by atoms with Gasteiger partial charge in [0.2, 0.25) is 0 Å². The third-order valence-electron chi connectivity index (χ3n) is 2.38. The van der Waals surface area contributed by atoms with Gasteiger partial charge in [-0.15, -0.1) is 0 Å². The van der Waals surface area contributed by atoms with E-state index < -0.39 is 0 Å². The summed E-state index contributed by atoms with van der Waals surface area (Å²) in [6.45, 7) is 2.80. The summed E-state index contributed by atoms with van der Waals surface area (Å²) < 4.78 is 12.1. The summed E-state index contributed by atoms with van der Waals surface area (Å²) in [5, 5.41) is 4.05. The lowest BCUT2D eigenvalue weighted by Gasteiger charge is -2.13. The van der Waals surface area contributed by atoms with E-state index in [9.17, 15) is 0 Å². The number of nitrogens with two attached hydrogens (primary N) is 1. The molecule has 0 bridgehead atoms. The zero-order valence-electron chi connectivity index (χ0n) is 11.5. The lowest BCUT2D eigenvalue weighted by molar-refractivity contribution is 0.286. The number of rotatable bonds is 7. The summed E-state index contributed by atoms with van der Waals surface area (Å²) in [4.78, 5) is 0. The number of halogens is 1. The van der Waals surface area contributed by atoms with E-state index in [0.717, 1.165) is 27.7 Å². The first-order chi connectivity index (χ1) is 9.58. The molecule has 0 spiro atoms. The molecule has 0 aromatic heterocycles. The highest BCUT2D eigenvalue weighted by atomic mass is 127. The third kappa shape index (κ3) is 5.49. The largest absolute Gasteiger partial charge is 0.493 e. The van der Waals surface area contributed by atoms with Gasteiger partial charge in [-0.05, 0) is 58.9 Å². The molecule has 5 nitrogen and oxygen atoms in total. The lowest BCUT2D eigenvalue weighted by atomic mass is 10.2. The van der Waals surface area contributed by atoms with Gasteiger partial charge in [0.1, 0.15) is 0 Å². The molecule has 0 saturated heterocycles. The minimum absolute atomic E-state index is 0.127. The van der Waals surface area contributed by atoms with Crippen molar-refractivity contribution in [1.82, 2.24) is 5.43 Å². The topological polar surface area (TPSA) is 68.9 Å². The number of methoxy groups -OCH3 is 1. The van der Waals surface area contributed by atoms with E-state index in [1.54, 1.807) is 13.3 Å². The summed E-state index contributed by atoms with van der Waals surface area (Å²) >= 11 is 6.89. The molecule has 20 heavy (non-hydrogen) atoms. The van der Waals surface area contributed by atoms with Crippen LogP contribution in [0.5, 0.6) is 11.5 Å². The van der Waals surface area contributed by atoms with E-state index in [1.807, 2.05) is 12.1 Å². The number of benzene rings is 1.